The fourth-order valence-corrected chi connectivity index (χ4v) is 3.29. The Kier molecular flexibility index (Phi) is 6.43. The molecule has 0 aliphatic heterocycles. The van der Waals surface area contributed by atoms with E-state index in [4.69, 9.17) is 23.8 Å². The zero-order chi connectivity index (χ0) is 16.8. The molecule has 2 N–H and O–H groups in total. The average molecular weight is 347 g/mol. The number of thiocarbonyl (C=S) groups is 1. The van der Waals surface area contributed by atoms with Crippen LogP contribution in [-0.2, 0) is 0 Å². The predicted octanol–water partition coefficient (Wildman–Crippen LogP) is 5.78. The summed E-state index contributed by atoms with van der Waals surface area (Å²) in [5.74, 6) is 0. The zero-order valence-electron chi connectivity index (χ0n) is 13.8. The molecule has 1 atom stereocenters. The van der Waals surface area contributed by atoms with Crippen molar-refractivity contribution in [2.75, 3.05) is 5.32 Å². The quantitative estimate of drug-likeness (QED) is 0.670. The second-order valence-corrected chi connectivity index (χ2v) is 6.60. The van der Waals surface area contributed by atoms with Crippen molar-refractivity contribution in [2.45, 2.75) is 39.7 Å². The maximum Gasteiger partial charge on any atom is 0.171 e. The molecule has 122 valence electrons. The number of halogens is 1. The lowest BCUT2D eigenvalue weighted by Gasteiger charge is -2.22. The minimum absolute atomic E-state index is 0.200. The Hall–Kier alpha value is -1.58. The molecule has 0 heterocycles. The monoisotopic (exact) mass is 346 g/mol. The second-order valence-electron chi connectivity index (χ2n) is 5.79. The summed E-state index contributed by atoms with van der Waals surface area (Å²) in [5, 5.41) is 7.96. The van der Waals surface area contributed by atoms with Gasteiger partial charge in [0.1, 0.15) is 0 Å². The first-order valence-electron chi connectivity index (χ1n) is 7.90. The van der Waals surface area contributed by atoms with Gasteiger partial charge in [0.25, 0.3) is 0 Å². The molecular weight excluding hydrogens is 324 g/mol. The van der Waals surface area contributed by atoms with E-state index in [2.05, 4.69) is 47.9 Å². The fraction of sp³-hybridized carbons (Fsp3) is 0.316. The molecule has 0 aliphatic rings. The molecule has 0 fully saturated rings. The number of hydrogen-bond donors (Lipinski definition) is 2. The molecule has 0 aliphatic carbocycles. The van der Waals surface area contributed by atoms with Crippen molar-refractivity contribution >= 4 is 34.6 Å². The van der Waals surface area contributed by atoms with Crippen LogP contribution < -0.4 is 10.6 Å². The number of aryl methyl sites for hydroxylation is 2. The Balaban J connectivity index is 2.11. The lowest BCUT2D eigenvalue weighted by molar-refractivity contribution is 0.584. The first-order valence-corrected chi connectivity index (χ1v) is 8.69. The predicted molar refractivity (Wildman–Crippen MR) is 104 cm³/mol. The topological polar surface area (TPSA) is 24.1 Å². The summed E-state index contributed by atoms with van der Waals surface area (Å²) in [5.41, 5.74) is 4.35. The minimum atomic E-state index is 0.200. The van der Waals surface area contributed by atoms with Gasteiger partial charge in [-0.25, -0.2) is 0 Å². The van der Waals surface area contributed by atoms with E-state index >= 15 is 0 Å². The van der Waals surface area contributed by atoms with Gasteiger partial charge in [-0.1, -0.05) is 61.3 Å². The molecule has 0 unspecified atom stereocenters. The van der Waals surface area contributed by atoms with Gasteiger partial charge in [0.15, 0.2) is 5.11 Å². The summed E-state index contributed by atoms with van der Waals surface area (Å²) in [6, 6.07) is 14.6. The van der Waals surface area contributed by atoms with Crippen molar-refractivity contribution < 1.29 is 0 Å². The molecule has 2 rings (SSSR count). The summed E-state index contributed by atoms with van der Waals surface area (Å²) >= 11 is 11.8. The van der Waals surface area contributed by atoms with Gasteiger partial charge in [-0.2, -0.15) is 0 Å². The second kappa shape index (κ2) is 8.32. The standard InChI is InChI=1S/C19H23ClN2S/c1-4-8-17(15-9-6-5-7-10-15)21-19(23)22-18-14(3)11-13(2)12-16(18)20/h5-7,9-12,17H,4,8H2,1-3H3,(H2,21,22,23)/t17-/m0/s1. The SMILES string of the molecule is CCC[C@H](NC(=S)Nc1c(C)cc(C)cc1Cl)c1ccccc1. The summed E-state index contributed by atoms with van der Waals surface area (Å²) in [4.78, 5) is 0. The third-order valence-corrected chi connectivity index (χ3v) is 4.27. The smallest absolute Gasteiger partial charge is 0.171 e. The molecule has 2 aromatic carbocycles. The zero-order valence-corrected chi connectivity index (χ0v) is 15.4. The summed E-state index contributed by atoms with van der Waals surface area (Å²) in [7, 11) is 0. The van der Waals surface area contributed by atoms with Crippen molar-refractivity contribution in [1.82, 2.24) is 5.32 Å². The van der Waals surface area contributed by atoms with Gasteiger partial charge in [0.05, 0.1) is 16.8 Å². The van der Waals surface area contributed by atoms with E-state index in [1.165, 1.54) is 5.56 Å². The number of nitrogens with one attached hydrogen (secondary N) is 2. The van der Waals surface area contributed by atoms with E-state index in [1.54, 1.807) is 0 Å². The summed E-state index contributed by atoms with van der Waals surface area (Å²) < 4.78 is 0. The van der Waals surface area contributed by atoms with Crippen LogP contribution >= 0.6 is 23.8 Å². The van der Waals surface area contributed by atoms with Crippen LogP contribution in [0.15, 0.2) is 42.5 Å². The molecule has 0 bridgehead atoms. The maximum atomic E-state index is 6.34. The summed E-state index contributed by atoms with van der Waals surface area (Å²) in [6.07, 6.45) is 2.10. The number of anilines is 1. The lowest BCUT2D eigenvalue weighted by Crippen LogP contribution is -2.32. The maximum absolute atomic E-state index is 6.34. The van der Waals surface area contributed by atoms with Crippen LogP contribution in [0.4, 0.5) is 5.69 Å². The van der Waals surface area contributed by atoms with Crippen LogP contribution in [0, 0.1) is 13.8 Å². The van der Waals surface area contributed by atoms with E-state index in [0.29, 0.717) is 10.1 Å². The highest BCUT2D eigenvalue weighted by Gasteiger charge is 2.13. The van der Waals surface area contributed by atoms with E-state index < -0.39 is 0 Å². The Morgan fingerprint density at radius 2 is 1.87 bits per heavy atom. The van der Waals surface area contributed by atoms with Crippen LogP contribution in [0.25, 0.3) is 0 Å². The Bertz CT molecular complexity index is 647. The van der Waals surface area contributed by atoms with Crippen LogP contribution in [0.2, 0.25) is 5.02 Å². The number of rotatable bonds is 5. The minimum Gasteiger partial charge on any atom is -0.356 e. The first-order chi connectivity index (χ1) is 11.0. The Morgan fingerprint density at radius 3 is 2.48 bits per heavy atom. The molecule has 23 heavy (non-hydrogen) atoms. The lowest BCUT2D eigenvalue weighted by atomic mass is 10.0. The Labute approximate surface area is 149 Å². The van der Waals surface area contributed by atoms with Crippen LogP contribution in [0.1, 0.15) is 42.5 Å². The van der Waals surface area contributed by atoms with Gasteiger partial charge in [-0.15, -0.1) is 0 Å². The first kappa shape index (κ1) is 17.8. The van der Waals surface area contributed by atoms with E-state index in [0.717, 1.165) is 29.7 Å². The largest absolute Gasteiger partial charge is 0.356 e. The van der Waals surface area contributed by atoms with Gasteiger partial charge >= 0.3 is 0 Å². The van der Waals surface area contributed by atoms with Crippen molar-refractivity contribution in [1.29, 1.82) is 0 Å². The third kappa shape index (κ3) is 4.95. The number of benzene rings is 2. The highest BCUT2D eigenvalue weighted by Crippen LogP contribution is 2.27. The van der Waals surface area contributed by atoms with Gasteiger partial charge in [0.2, 0.25) is 0 Å². The van der Waals surface area contributed by atoms with E-state index in [9.17, 15) is 0 Å². The molecule has 0 radical (unpaired) electrons. The normalized spacial score (nSPS) is 11.8. The van der Waals surface area contributed by atoms with E-state index in [1.807, 2.05) is 26.0 Å². The molecule has 0 saturated heterocycles. The highest BCUT2D eigenvalue weighted by atomic mass is 35.5. The average Bonchev–Trinajstić information content (AvgIpc) is 2.51. The third-order valence-electron chi connectivity index (χ3n) is 3.75. The van der Waals surface area contributed by atoms with Crippen molar-refractivity contribution in [3.8, 4) is 0 Å². The van der Waals surface area contributed by atoms with Crippen molar-refractivity contribution in [3.05, 3.63) is 64.2 Å². The van der Waals surface area contributed by atoms with E-state index in [-0.39, 0.29) is 6.04 Å². The molecule has 0 spiro atoms. The molecule has 0 aromatic heterocycles. The van der Waals surface area contributed by atoms with Crippen molar-refractivity contribution in [3.63, 3.8) is 0 Å². The molecular formula is C19H23ClN2S. The van der Waals surface area contributed by atoms with Gasteiger partial charge in [0, 0.05) is 0 Å². The van der Waals surface area contributed by atoms with Gasteiger partial charge in [-0.3, -0.25) is 0 Å². The fourth-order valence-electron chi connectivity index (χ4n) is 2.68. The molecule has 0 saturated carbocycles. The number of hydrogen-bond acceptors (Lipinski definition) is 1. The Morgan fingerprint density at radius 1 is 1.17 bits per heavy atom. The molecule has 2 nitrogen and oxygen atoms in total. The van der Waals surface area contributed by atoms with Crippen LogP contribution in [-0.4, -0.2) is 5.11 Å². The van der Waals surface area contributed by atoms with Crippen LogP contribution in [0.5, 0.6) is 0 Å². The molecule has 0 amide bonds. The van der Waals surface area contributed by atoms with Crippen molar-refractivity contribution in [2.24, 2.45) is 0 Å². The molecule has 2 aromatic rings. The van der Waals surface area contributed by atoms with Gasteiger partial charge in [-0.05, 0) is 55.2 Å². The highest BCUT2D eigenvalue weighted by molar-refractivity contribution is 7.80. The molecule has 4 heteroatoms. The van der Waals surface area contributed by atoms with Crippen LogP contribution in [0.3, 0.4) is 0 Å². The summed E-state index contributed by atoms with van der Waals surface area (Å²) in [6.45, 7) is 6.24. The van der Waals surface area contributed by atoms with Gasteiger partial charge < -0.3 is 10.6 Å².